The van der Waals surface area contributed by atoms with E-state index in [9.17, 15) is 0 Å². The van der Waals surface area contributed by atoms with Crippen LogP contribution in [0.25, 0.3) is 0 Å². The van der Waals surface area contributed by atoms with Gasteiger partial charge < -0.3 is 31.9 Å². The minimum Gasteiger partial charge on any atom is -1.00 e. The Bertz CT molecular complexity index is 250. The Morgan fingerprint density at radius 3 is 1.83 bits per heavy atom. The van der Waals surface area contributed by atoms with Crippen LogP contribution in [-0.2, 0) is 4.74 Å². The largest absolute Gasteiger partial charge is 1.00 e. The first kappa shape index (κ1) is 26.6. The van der Waals surface area contributed by atoms with Gasteiger partial charge in [0.2, 0.25) is 0 Å². The highest BCUT2D eigenvalue weighted by molar-refractivity contribution is 4.51. The van der Waals surface area contributed by atoms with Crippen molar-refractivity contribution in [1.82, 2.24) is 0 Å². The van der Waals surface area contributed by atoms with Crippen molar-refractivity contribution >= 4 is 0 Å². The lowest BCUT2D eigenvalue weighted by Crippen LogP contribution is -3.00. The quantitative estimate of drug-likeness (QED) is 0.293. The van der Waals surface area contributed by atoms with E-state index < -0.39 is 0 Å². The van der Waals surface area contributed by atoms with E-state index in [0.717, 1.165) is 37.2 Å². The molecule has 1 unspecified atom stereocenters. The maximum Gasteiger partial charge on any atom is 0.109 e. The van der Waals surface area contributed by atoms with E-state index in [4.69, 9.17) is 10.5 Å². The summed E-state index contributed by atoms with van der Waals surface area (Å²) in [6.45, 7) is 8.29. The summed E-state index contributed by atoms with van der Waals surface area (Å²) >= 11 is 0. The molecule has 24 heavy (non-hydrogen) atoms. The van der Waals surface area contributed by atoms with E-state index in [1.807, 2.05) is 0 Å². The number of halogens is 1. The highest BCUT2D eigenvalue weighted by Crippen LogP contribution is 2.11. The van der Waals surface area contributed by atoms with Crippen molar-refractivity contribution in [2.45, 2.75) is 90.5 Å². The van der Waals surface area contributed by atoms with Crippen molar-refractivity contribution in [2.24, 2.45) is 5.73 Å². The molecule has 0 rings (SSSR count). The summed E-state index contributed by atoms with van der Waals surface area (Å²) in [5.41, 5.74) is 5.61. The Labute approximate surface area is 163 Å². The molecule has 0 fully saturated rings. The van der Waals surface area contributed by atoms with Gasteiger partial charge in [-0.25, -0.2) is 0 Å². The first-order valence-corrected chi connectivity index (χ1v) is 10.1. The van der Waals surface area contributed by atoms with Crippen LogP contribution >= 0.6 is 0 Å². The van der Waals surface area contributed by atoms with Crippen molar-refractivity contribution in [3.63, 3.8) is 0 Å². The number of nitrogens with zero attached hydrogens (tertiary/aromatic N) is 1. The smallest absolute Gasteiger partial charge is 0.109 e. The maximum absolute atomic E-state index is 5.89. The summed E-state index contributed by atoms with van der Waals surface area (Å²) < 4.78 is 6.90. The predicted octanol–water partition coefficient (Wildman–Crippen LogP) is 1.74. The highest BCUT2D eigenvalue weighted by atomic mass is 79.9. The fourth-order valence-electron chi connectivity index (χ4n) is 2.87. The summed E-state index contributed by atoms with van der Waals surface area (Å²) in [6, 6.07) is 0.546. The molecule has 0 saturated carbocycles. The summed E-state index contributed by atoms with van der Waals surface area (Å²) in [4.78, 5) is 0. The van der Waals surface area contributed by atoms with Crippen LogP contribution in [0, 0.1) is 0 Å². The van der Waals surface area contributed by atoms with Crippen molar-refractivity contribution in [3.8, 4) is 0 Å². The Kier molecular flexibility index (Phi) is 20.1. The molecule has 0 saturated heterocycles. The van der Waals surface area contributed by atoms with Crippen LogP contribution in [0.2, 0.25) is 0 Å². The maximum atomic E-state index is 5.89. The van der Waals surface area contributed by atoms with Gasteiger partial charge in [-0.1, -0.05) is 64.7 Å². The lowest BCUT2D eigenvalue weighted by Gasteiger charge is -2.36. The molecule has 1 atom stereocenters. The highest BCUT2D eigenvalue weighted by Gasteiger charge is 2.23. The van der Waals surface area contributed by atoms with Crippen LogP contribution < -0.4 is 22.7 Å². The molecule has 148 valence electrons. The molecule has 0 aromatic heterocycles. The molecule has 0 bridgehead atoms. The Morgan fingerprint density at radius 1 is 0.833 bits per heavy atom. The molecule has 0 aliphatic carbocycles. The van der Waals surface area contributed by atoms with Crippen LogP contribution in [0.5, 0.6) is 0 Å². The average molecular weight is 409 g/mol. The second kappa shape index (κ2) is 18.2. The van der Waals surface area contributed by atoms with Gasteiger partial charge in [-0.05, 0) is 19.9 Å². The Balaban J connectivity index is 0. The van der Waals surface area contributed by atoms with Gasteiger partial charge in [0.05, 0.1) is 27.2 Å². The van der Waals surface area contributed by atoms with Crippen LogP contribution in [0.3, 0.4) is 0 Å². The molecule has 0 heterocycles. The lowest BCUT2D eigenvalue weighted by molar-refractivity contribution is -0.913. The zero-order chi connectivity index (χ0) is 17.4. The van der Waals surface area contributed by atoms with Crippen molar-refractivity contribution in [1.29, 1.82) is 0 Å². The van der Waals surface area contributed by atoms with Crippen molar-refractivity contribution < 1.29 is 26.2 Å². The number of hydrogen-bond acceptors (Lipinski definition) is 2. The van der Waals surface area contributed by atoms with Gasteiger partial charge in [0.15, 0.2) is 0 Å². The van der Waals surface area contributed by atoms with E-state index in [1.165, 1.54) is 64.2 Å². The third kappa shape index (κ3) is 15.9. The van der Waals surface area contributed by atoms with E-state index >= 15 is 0 Å². The first-order valence-electron chi connectivity index (χ1n) is 10.1. The SMILES string of the molecule is CCCCCCCCCCCCOCC(C)[N+](C)(C)CCCN.[Br-]. The van der Waals surface area contributed by atoms with Gasteiger partial charge in [-0.15, -0.1) is 0 Å². The summed E-state index contributed by atoms with van der Waals surface area (Å²) in [7, 11) is 4.56. The molecule has 2 N–H and O–H groups in total. The molecule has 0 aliphatic heterocycles. The molecule has 0 aliphatic rings. The molecule has 0 radical (unpaired) electrons. The van der Waals surface area contributed by atoms with Gasteiger partial charge in [-0.2, -0.15) is 0 Å². The predicted molar refractivity (Wildman–Crippen MR) is 103 cm³/mol. The molecular weight excluding hydrogens is 364 g/mol. The van der Waals surface area contributed by atoms with E-state index in [2.05, 4.69) is 27.9 Å². The van der Waals surface area contributed by atoms with Gasteiger partial charge in [0.25, 0.3) is 0 Å². The summed E-state index contributed by atoms with van der Waals surface area (Å²) in [5, 5.41) is 0. The fourth-order valence-corrected chi connectivity index (χ4v) is 2.87. The van der Waals surface area contributed by atoms with Crippen molar-refractivity contribution in [2.75, 3.05) is 40.4 Å². The van der Waals surface area contributed by atoms with Crippen molar-refractivity contribution in [3.05, 3.63) is 0 Å². The number of hydrogen-bond donors (Lipinski definition) is 1. The molecule has 0 amide bonds. The minimum absolute atomic E-state index is 0. The molecule has 0 spiro atoms. The van der Waals surface area contributed by atoms with Gasteiger partial charge in [-0.3, -0.25) is 0 Å². The lowest BCUT2D eigenvalue weighted by atomic mass is 10.1. The molecule has 0 aromatic carbocycles. The third-order valence-corrected chi connectivity index (χ3v) is 5.13. The zero-order valence-corrected chi connectivity index (χ0v) is 18.6. The number of ether oxygens (including phenoxy) is 1. The number of unbranched alkanes of at least 4 members (excludes halogenated alkanes) is 9. The Morgan fingerprint density at radius 2 is 1.33 bits per heavy atom. The standard InChI is InChI=1S/C20H45N2O.BrH/c1-5-6-7-8-9-10-11-12-13-14-18-23-19-20(2)22(3,4)17-15-16-21;/h20H,5-19,21H2,1-4H3;1H/q+1;/p-1. The molecular formula is C20H45BrN2O. The number of nitrogens with two attached hydrogens (primary N) is 1. The summed E-state index contributed by atoms with van der Waals surface area (Å²) in [5.74, 6) is 0. The topological polar surface area (TPSA) is 35.2 Å². The van der Waals surface area contributed by atoms with Crippen LogP contribution in [0.4, 0.5) is 0 Å². The minimum atomic E-state index is 0. The molecule has 4 heteroatoms. The van der Waals surface area contributed by atoms with E-state index in [0.29, 0.717) is 6.04 Å². The van der Waals surface area contributed by atoms with Crippen LogP contribution in [0.15, 0.2) is 0 Å². The van der Waals surface area contributed by atoms with Gasteiger partial charge in [0.1, 0.15) is 6.04 Å². The van der Waals surface area contributed by atoms with Crippen LogP contribution in [-0.4, -0.2) is 50.9 Å². The first-order chi connectivity index (χ1) is 11.0. The van der Waals surface area contributed by atoms with Gasteiger partial charge in [0, 0.05) is 13.0 Å². The van der Waals surface area contributed by atoms with Crippen LogP contribution in [0.1, 0.15) is 84.5 Å². The van der Waals surface area contributed by atoms with E-state index in [1.54, 1.807) is 0 Å². The normalized spacial score (nSPS) is 12.9. The summed E-state index contributed by atoms with van der Waals surface area (Å²) in [6.07, 6.45) is 14.9. The third-order valence-electron chi connectivity index (χ3n) is 5.13. The fraction of sp³-hybridized carbons (Fsp3) is 1.00. The average Bonchev–Trinajstić information content (AvgIpc) is 2.53. The molecule has 3 nitrogen and oxygen atoms in total. The number of quaternary nitrogens is 1. The number of rotatable bonds is 17. The van der Waals surface area contributed by atoms with E-state index in [-0.39, 0.29) is 17.0 Å². The monoisotopic (exact) mass is 408 g/mol. The zero-order valence-electron chi connectivity index (χ0n) is 17.0. The second-order valence-electron chi connectivity index (χ2n) is 7.75. The second-order valence-corrected chi connectivity index (χ2v) is 7.75. The Hall–Kier alpha value is 0.360. The number of likely N-dealkylation sites (N-methyl/N-ethyl adjacent to an activating group) is 1. The van der Waals surface area contributed by atoms with Gasteiger partial charge >= 0.3 is 0 Å². The molecule has 0 aromatic rings.